The highest BCUT2D eigenvalue weighted by molar-refractivity contribution is 4.67. The first-order valence-electron chi connectivity index (χ1n) is 7.24. The largest absolute Gasteiger partial charge is 0.394 e. The van der Waals surface area contributed by atoms with Gasteiger partial charge in [0.25, 0.3) is 0 Å². The molecule has 2 N–H and O–H groups in total. The molecule has 0 fully saturated rings. The molecular weight excluding hydrogens is 232 g/mol. The van der Waals surface area contributed by atoms with Gasteiger partial charge in [0.05, 0.1) is 13.2 Å². The third kappa shape index (κ3) is 9.83. The number of aliphatic hydroxyl groups is 2. The lowest BCUT2D eigenvalue weighted by molar-refractivity contribution is -0.0939. The van der Waals surface area contributed by atoms with Gasteiger partial charge in [-0.1, -0.05) is 39.5 Å². The van der Waals surface area contributed by atoms with Crippen molar-refractivity contribution in [3.63, 3.8) is 0 Å². The molecule has 0 amide bonds. The molecule has 0 radical (unpaired) electrons. The van der Waals surface area contributed by atoms with Gasteiger partial charge < -0.3 is 19.7 Å². The van der Waals surface area contributed by atoms with E-state index in [4.69, 9.17) is 14.6 Å². The minimum atomic E-state index is -0.849. The van der Waals surface area contributed by atoms with Crippen LogP contribution in [-0.2, 0) is 9.47 Å². The van der Waals surface area contributed by atoms with Gasteiger partial charge in [0.2, 0.25) is 0 Å². The lowest BCUT2D eigenvalue weighted by atomic mass is 10.2. The molecule has 4 heteroatoms. The molecule has 0 heterocycles. The maximum absolute atomic E-state index is 9.62. The van der Waals surface area contributed by atoms with Crippen molar-refractivity contribution in [1.82, 2.24) is 0 Å². The summed E-state index contributed by atoms with van der Waals surface area (Å²) in [6.07, 6.45) is 5.36. The van der Waals surface area contributed by atoms with Crippen molar-refractivity contribution in [2.24, 2.45) is 0 Å². The molecule has 4 nitrogen and oxygen atoms in total. The Morgan fingerprint density at radius 2 is 1.56 bits per heavy atom. The third-order valence-electron chi connectivity index (χ3n) is 2.87. The van der Waals surface area contributed by atoms with Crippen molar-refractivity contribution in [2.45, 2.75) is 64.6 Å². The highest BCUT2D eigenvalue weighted by Crippen LogP contribution is 2.05. The third-order valence-corrected chi connectivity index (χ3v) is 2.87. The SMILES string of the molecule is CCCCCOC[C@H](OCCCCC)[C@H](O)CO. The molecule has 0 saturated heterocycles. The number of hydrogen-bond donors (Lipinski definition) is 2. The zero-order valence-corrected chi connectivity index (χ0v) is 11.9. The molecule has 2 atom stereocenters. The Labute approximate surface area is 111 Å². The van der Waals surface area contributed by atoms with Crippen LogP contribution in [0.4, 0.5) is 0 Å². The van der Waals surface area contributed by atoms with Gasteiger partial charge in [-0.05, 0) is 12.8 Å². The molecule has 0 saturated carbocycles. The molecular formula is C14H30O4. The fourth-order valence-electron chi connectivity index (χ4n) is 1.63. The van der Waals surface area contributed by atoms with Crippen LogP contribution >= 0.6 is 0 Å². The first kappa shape index (κ1) is 17.8. The molecule has 0 unspecified atom stereocenters. The first-order chi connectivity index (χ1) is 8.76. The number of unbranched alkanes of at least 4 members (excludes halogenated alkanes) is 4. The number of hydrogen-bond acceptors (Lipinski definition) is 4. The summed E-state index contributed by atoms with van der Waals surface area (Å²) in [5.41, 5.74) is 0. The summed E-state index contributed by atoms with van der Waals surface area (Å²) in [7, 11) is 0. The Balaban J connectivity index is 3.70. The number of rotatable bonds is 13. The van der Waals surface area contributed by atoms with E-state index in [-0.39, 0.29) is 6.61 Å². The highest BCUT2D eigenvalue weighted by atomic mass is 16.5. The summed E-state index contributed by atoms with van der Waals surface area (Å²) >= 11 is 0. The second-order valence-corrected chi connectivity index (χ2v) is 4.65. The Morgan fingerprint density at radius 3 is 2.11 bits per heavy atom. The standard InChI is InChI=1S/C14H30O4/c1-3-5-7-9-17-12-14(13(16)11-15)18-10-8-6-4-2/h13-16H,3-12H2,1-2H3/t13-,14+/m1/s1. The van der Waals surface area contributed by atoms with Gasteiger partial charge in [0.15, 0.2) is 0 Å². The molecule has 0 rings (SSSR count). The average Bonchev–Trinajstić information content (AvgIpc) is 2.40. The van der Waals surface area contributed by atoms with Crippen molar-refractivity contribution in [3.05, 3.63) is 0 Å². The van der Waals surface area contributed by atoms with Gasteiger partial charge in [0.1, 0.15) is 12.2 Å². The van der Waals surface area contributed by atoms with Crippen LogP contribution in [0.15, 0.2) is 0 Å². The van der Waals surface area contributed by atoms with Gasteiger partial charge >= 0.3 is 0 Å². The molecule has 0 aliphatic rings. The first-order valence-corrected chi connectivity index (χ1v) is 7.24. The van der Waals surface area contributed by atoms with E-state index in [9.17, 15) is 5.11 Å². The molecule has 0 aromatic heterocycles. The van der Waals surface area contributed by atoms with Crippen LogP contribution in [0.3, 0.4) is 0 Å². The Hall–Kier alpha value is -0.160. The van der Waals surface area contributed by atoms with E-state index in [0.717, 1.165) is 32.1 Å². The highest BCUT2D eigenvalue weighted by Gasteiger charge is 2.19. The topological polar surface area (TPSA) is 58.9 Å². The van der Waals surface area contributed by atoms with E-state index in [1.165, 1.54) is 6.42 Å². The van der Waals surface area contributed by atoms with Gasteiger partial charge in [-0.3, -0.25) is 0 Å². The predicted octanol–water partition coefficient (Wildman–Crippen LogP) is 2.12. The van der Waals surface area contributed by atoms with E-state index in [1.807, 2.05) is 0 Å². The molecule has 0 bridgehead atoms. The second kappa shape index (κ2) is 13.3. The Morgan fingerprint density at radius 1 is 0.944 bits per heavy atom. The summed E-state index contributed by atoms with van der Waals surface area (Å²) in [4.78, 5) is 0. The van der Waals surface area contributed by atoms with Gasteiger partial charge in [-0.15, -0.1) is 0 Å². The lowest BCUT2D eigenvalue weighted by Gasteiger charge is -2.22. The van der Waals surface area contributed by atoms with E-state index >= 15 is 0 Å². The maximum Gasteiger partial charge on any atom is 0.109 e. The van der Waals surface area contributed by atoms with Crippen molar-refractivity contribution in [3.8, 4) is 0 Å². The number of aliphatic hydroxyl groups excluding tert-OH is 2. The van der Waals surface area contributed by atoms with Crippen molar-refractivity contribution in [2.75, 3.05) is 26.4 Å². The minimum absolute atomic E-state index is 0.281. The zero-order valence-electron chi connectivity index (χ0n) is 11.9. The van der Waals surface area contributed by atoms with E-state index < -0.39 is 12.2 Å². The van der Waals surface area contributed by atoms with Crippen LogP contribution in [0, 0.1) is 0 Å². The maximum atomic E-state index is 9.62. The summed E-state index contributed by atoms with van der Waals surface area (Å²) in [5, 5.41) is 18.6. The Bertz CT molecular complexity index is 164. The van der Waals surface area contributed by atoms with Crippen LogP contribution in [0.5, 0.6) is 0 Å². The van der Waals surface area contributed by atoms with Crippen LogP contribution in [0.2, 0.25) is 0 Å². The van der Waals surface area contributed by atoms with E-state index in [0.29, 0.717) is 19.8 Å². The van der Waals surface area contributed by atoms with Gasteiger partial charge in [-0.2, -0.15) is 0 Å². The van der Waals surface area contributed by atoms with Crippen LogP contribution in [0.1, 0.15) is 52.4 Å². The quantitative estimate of drug-likeness (QED) is 0.499. The van der Waals surface area contributed by atoms with Gasteiger partial charge in [-0.25, -0.2) is 0 Å². The molecule has 18 heavy (non-hydrogen) atoms. The normalized spacial score (nSPS) is 14.7. The monoisotopic (exact) mass is 262 g/mol. The van der Waals surface area contributed by atoms with E-state index in [2.05, 4.69) is 13.8 Å². The predicted molar refractivity (Wildman–Crippen MR) is 72.7 cm³/mol. The van der Waals surface area contributed by atoms with E-state index in [1.54, 1.807) is 0 Å². The van der Waals surface area contributed by atoms with Crippen molar-refractivity contribution >= 4 is 0 Å². The molecule has 0 spiro atoms. The summed E-state index contributed by atoms with van der Waals surface area (Å²) in [6.45, 7) is 5.68. The van der Waals surface area contributed by atoms with Crippen LogP contribution < -0.4 is 0 Å². The minimum Gasteiger partial charge on any atom is -0.394 e. The fraction of sp³-hybridized carbons (Fsp3) is 1.00. The second-order valence-electron chi connectivity index (χ2n) is 4.65. The summed E-state index contributed by atoms with van der Waals surface area (Å²) in [5.74, 6) is 0. The zero-order chi connectivity index (χ0) is 13.6. The number of ether oxygens (including phenoxy) is 2. The van der Waals surface area contributed by atoms with Crippen LogP contribution in [0.25, 0.3) is 0 Å². The Kier molecular flexibility index (Phi) is 13.2. The molecule has 0 aliphatic heterocycles. The molecule has 0 aromatic carbocycles. The lowest BCUT2D eigenvalue weighted by Crippen LogP contribution is -2.36. The smallest absolute Gasteiger partial charge is 0.109 e. The average molecular weight is 262 g/mol. The van der Waals surface area contributed by atoms with Crippen molar-refractivity contribution < 1.29 is 19.7 Å². The van der Waals surface area contributed by atoms with Crippen molar-refractivity contribution in [1.29, 1.82) is 0 Å². The summed E-state index contributed by atoms with van der Waals surface area (Å²) < 4.78 is 11.1. The van der Waals surface area contributed by atoms with Gasteiger partial charge in [0, 0.05) is 13.2 Å². The molecule has 0 aromatic rings. The fourth-order valence-corrected chi connectivity index (χ4v) is 1.63. The van der Waals surface area contributed by atoms with Crippen LogP contribution in [-0.4, -0.2) is 48.8 Å². The molecule has 0 aliphatic carbocycles. The molecule has 110 valence electrons. The summed E-state index contributed by atoms with van der Waals surface area (Å²) in [6, 6.07) is 0.